The Morgan fingerprint density at radius 2 is 2.13 bits per heavy atom. The van der Waals surface area contributed by atoms with Crippen LogP contribution in [-0.2, 0) is 15.9 Å². The third-order valence-electron chi connectivity index (χ3n) is 5.71. The Labute approximate surface area is 179 Å². The Kier molecular flexibility index (Phi) is 4.62. The molecule has 3 aromatic rings. The molecule has 9 nitrogen and oxygen atoms in total. The summed E-state index contributed by atoms with van der Waals surface area (Å²) in [5.41, 5.74) is 10.6. The molecule has 2 aliphatic rings. The average Bonchev–Trinajstić information content (AvgIpc) is 2.72. The molecule has 0 bridgehead atoms. The molecule has 1 amide bonds. The zero-order chi connectivity index (χ0) is 21.6. The molecule has 0 unspecified atom stereocenters. The minimum absolute atomic E-state index is 0.373. The predicted octanol–water partition coefficient (Wildman–Crippen LogP) is 3.28. The maximum Gasteiger partial charge on any atom is 0.413 e. The number of rotatable bonds is 3. The maximum absolute atomic E-state index is 12.2. The zero-order valence-electron chi connectivity index (χ0n) is 17.5. The van der Waals surface area contributed by atoms with Crippen LogP contribution in [-0.4, -0.2) is 46.4 Å². The molecule has 0 aromatic carbocycles. The molecule has 1 fully saturated rings. The summed E-state index contributed by atoms with van der Waals surface area (Å²) in [6.07, 6.45) is 4.94. The summed E-state index contributed by atoms with van der Waals surface area (Å²) in [7, 11) is 0. The number of anilines is 3. The van der Waals surface area contributed by atoms with Crippen LogP contribution in [0.1, 0.15) is 24.6 Å². The third-order valence-corrected chi connectivity index (χ3v) is 5.71. The second-order valence-electron chi connectivity index (χ2n) is 8.29. The molecule has 0 saturated carbocycles. The SMILES string of the molecule is Cc1c(-c2cc3cc(NC(=O)OC4(C)COC4)ncc3c(N)n2)cnc2c1NCCC2. The van der Waals surface area contributed by atoms with E-state index >= 15 is 0 Å². The summed E-state index contributed by atoms with van der Waals surface area (Å²) in [5, 5.41) is 7.66. The molecule has 31 heavy (non-hydrogen) atoms. The summed E-state index contributed by atoms with van der Waals surface area (Å²) in [5.74, 6) is 0.748. The molecule has 0 spiro atoms. The van der Waals surface area contributed by atoms with Crippen molar-refractivity contribution in [3.8, 4) is 11.3 Å². The standard InChI is InChI=1S/C22H24N6O3/c1-12-14(8-25-16-4-3-5-24-19(12)16)17-6-13-7-18(26-9-15(13)20(23)27-17)28-21(29)31-22(2)10-30-11-22/h6-9,24H,3-5,10-11H2,1-2H3,(H2,23,27)(H,26,28,29). The number of nitrogens with two attached hydrogens (primary N) is 1. The van der Waals surface area contributed by atoms with Crippen molar-refractivity contribution in [2.75, 3.05) is 36.1 Å². The molecule has 160 valence electrons. The number of carbonyl (C=O) groups excluding carboxylic acids is 1. The number of nitrogens with one attached hydrogen (secondary N) is 2. The number of pyridine rings is 3. The molecule has 0 radical (unpaired) electrons. The predicted molar refractivity (Wildman–Crippen MR) is 118 cm³/mol. The Hall–Kier alpha value is -3.46. The van der Waals surface area contributed by atoms with Crippen molar-refractivity contribution in [2.24, 2.45) is 0 Å². The number of carbonyl (C=O) groups is 1. The van der Waals surface area contributed by atoms with Crippen molar-refractivity contribution >= 4 is 34.2 Å². The van der Waals surface area contributed by atoms with Crippen LogP contribution in [0.5, 0.6) is 0 Å². The van der Waals surface area contributed by atoms with Gasteiger partial charge in [0.15, 0.2) is 5.60 Å². The summed E-state index contributed by atoms with van der Waals surface area (Å²) >= 11 is 0. The van der Waals surface area contributed by atoms with Gasteiger partial charge in [-0.05, 0) is 49.8 Å². The molecule has 4 N–H and O–H groups in total. The number of ether oxygens (including phenoxy) is 2. The van der Waals surface area contributed by atoms with Gasteiger partial charge in [-0.2, -0.15) is 0 Å². The molecule has 0 aliphatic carbocycles. The average molecular weight is 420 g/mol. The summed E-state index contributed by atoms with van der Waals surface area (Å²) in [4.78, 5) is 25.7. The normalized spacial score (nSPS) is 16.7. The minimum atomic E-state index is -0.590. The van der Waals surface area contributed by atoms with Gasteiger partial charge in [0.25, 0.3) is 0 Å². The number of hydrogen-bond donors (Lipinski definition) is 3. The van der Waals surface area contributed by atoms with Gasteiger partial charge >= 0.3 is 6.09 Å². The van der Waals surface area contributed by atoms with E-state index in [1.165, 1.54) is 0 Å². The highest BCUT2D eigenvalue weighted by Crippen LogP contribution is 2.34. The van der Waals surface area contributed by atoms with Crippen molar-refractivity contribution in [1.82, 2.24) is 15.0 Å². The Morgan fingerprint density at radius 1 is 1.29 bits per heavy atom. The van der Waals surface area contributed by atoms with Crippen LogP contribution in [0.15, 0.2) is 24.5 Å². The molecule has 1 saturated heterocycles. The van der Waals surface area contributed by atoms with Gasteiger partial charge < -0.3 is 20.5 Å². The lowest BCUT2D eigenvalue weighted by atomic mass is 9.99. The fourth-order valence-corrected chi connectivity index (χ4v) is 3.99. The zero-order valence-corrected chi connectivity index (χ0v) is 17.5. The van der Waals surface area contributed by atoms with E-state index in [1.807, 2.05) is 19.2 Å². The van der Waals surface area contributed by atoms with Gasteiger partial charge in [0, 0.05) is 29.9 Å². The van der Waals surface area contributed by atoms with E-state index in [1.54, 1.807) is 12.3 Å². The lowest BCUT2D eigenvalue weighted by molar-refractivity contribution is -0.164. The highest BCUT2D eigenvalue weighted by molar-refractivity contribution is 5.96. The number of nitrogen functional groups attached to an aromatic ring is 1. The second-order valence-corrected chi connectivity index (χ2v) is 8.29. The lowest BCUT2D eigenvalue weighted by Gasteiger charge is -2.36. The monoisotopic (exact) mass is 420 g/mol. The fraction of sp³-hybridized carbons (Fsp3) is 0.364. The quantitative estimate of drug-likeness (QED) is 0.590. The lowest BCUT2D eigenvalue weighted by Crippen LogP contribution is -2.51. The van der Waals surface area contributed by atoms with Crippen LogP contribution in [0.2, 0.25) is 0 Å². The first-order valence-electron chi connectivity index (χ1n) is 10.3. The number of aryl methyl sites for hydroxylation is 1. The van der Waals surface area contributed by atoms with Crippen LogP contribution in [0.3, 0.4) is 0 Å². The van der Waals surface area contributed by atoms with Crippen LogP contribution in [0.25, 0.3) is 22.0 Å². The van der Waals surface area contributed by atoms with E-state index in [9.17, 15) is 4.79 Å². The van der Waals surface area contributed by atoms with Crippen LogP contribution in [0.4, 0.5) is 22.1 Å². The molecule has 5 rings (SSSR count). The number of fused-ring (bicyclic) bond motifs is 2. The van der Waals surface area contributed by atoms with E-state index in [2.05, 4.69) is 32.5 Å². The van der Waals surface area contributed by atoms with Gasteiger partial charge in [0.1, 0.15) is 11.6 Å². The molecule has 2 aliphatic heterocycles. The molecular weight excluding hydrogens is 396 g/mol. The third kappa shape index (κ3) is 3.61. The Bertz CT molecular complexity index is 1190. The van der Waals surface area contributed by atoms with Gasteiger partial charge in [-0.25, -0.2) is 14.8 Å². The van der Waals surface area contributed by atoms with Crippen molar-refractivity contribution in [2.45, 2.75) is 32.3 Å². The maximum atomic E-state index is 12.2. The van der Waals surface area contributed by atoms with Crippen molar-refractivity contribution < 1.29 is 14.3 Å². The second kappa shape index (κ2) is 7.35. The molecule has 9 heteroatoms. The van der Waals surface area contributed by atoms with Crippen LogP contribution < -0.4 is 16.4 Å². The smallest absolute Gasteiger partial charge is 0.413 e. The van der Waals surface area contributed by atoms with Gasteiger partial charge in [-0.3, -0.25) is 10.3 Å². The first-order valence-corrected chi connectivity index (χ1v) is 10.3. The van der Waals surface area contributed by atoms with Crippen molar-refractivity contribution in [1.29, 1.82) is 0 Å². The van der Waals surface area contributed by atoms with E-state index < -0.39 is 11.7 Å². The van der Waals surface area contributed by atoms with Gasteiger partial charge in [0.2, 0.25) is 0 Å². The van der Waals surface area contributed by atoms with E-state index in [0.29, 0.717) is 30.2 Å². The largest absolute Gasteiger partial charge is 0.438 e. The highest BCUT2D eigenvalue weighted by Gasteiger charge is 2.37. The number of nitrogens with zero attached hydrogens (tertiary/aromatic N) is 3. The van der Waals surface area contributed by atoms with Crippen molar-refractivity contribution in [3.63, 3.8) is 0 Å². The summed E-state index contributed by atoms with van der Waals surface area (Å²) in [6.45, 7) is 5.61. The highest BCUT2D eigenvalue weighted by atomic mass is 16.6. The Balaban J connectivity index is 1.47. The van der Waals surface area contributed by atoms with Gasteiger partial charge in [0.05, 0.1) is 30.3 Å². The van der Waals surface area contributed by atoms with Crippen molar-refractivity contribution in [3.05, 3.63) is 35.8 Å². The Morgan fingerprint density at radius 3 is 2.90 bits per heavy atom. The topological polar surface area (TPSA) is 124 Å². The fourth-order valence-electron chi connectivity index (χ4n) is 3.99. The number of amides is 1. The first-order chi connectivity index (χ1) is 14.9. The molecule has 5 heterocycles. The molecule has 3 aromatic heterocycles. The van der Waals surface area contributed by atoms with Gasteiger partial charge in [-0.15, -0.1) is 0 Å². The number of hydrogen-bond acceptors (Lipinski definition) is 8. The summed E-state index contributed by atoms with van der Waals surface area (Å²) < 4.78 is 10.5. The first kappa shape index (κ1) is 19.5. The van der Waals surface area contributed by atoms with E-state index in [-0.39, 0.29) is 0 Å². The summed E-state index contributed by atoms with van der Waals surface area (Å²) in [6, 6.07) is 3.70. The molecule has 0 atom stereocenters. The van der Waals surface area contributed by atoms with Crippen LogP contribution in [0, 0.1) is 6.92 Å². The van der Waals surface area contributed by atoms with E-state index in [4.69, 9.17) is 15.2 Å². The minimum Gasteiger partial charge on any atom is -0.438 e. The number of aromatic nitrogens is 3. The van der Waals surface area contributed by atoms with Crippen LogP contribution >= 0.6 is 0 Å². The molecular formula is C22H24N6O3. The van der Waals surface area contributed by atoms with Gasteiger partial charge in [-0.1, -0.05) is 0 Å². The van der Waals surface area contributed by atoms with E-state index in [0.717, 1.165) is 53.0 Å².